The third-order valence-electron chi connectivity index (χ3n) is 5.73. The van der Waals surface area contributed by atoms with Crippen LogP contribution in [-0.4, -0.2) is 62.3 Å². The number of amides is 2. The van der Waals surface area contributed by atoms with Crippen molar-refractivity contribution in [2.24, 2.45) is 0 Å². The standard InChI is InChI=1S/C21H33N3O3/c1-26-19-10-9-17(15-20(19)27-2)16-24(18-7-3-4-8-18)21(25)22-11-14-23-12-5-6-13-23/h9-10,15,18H,3-8,11-14,16H2,1-2H3,(H,22,25). The maximum absolute atomic E-state index is 12.9. The van der Waals surface area contributed by atoms with E-state index in [4.69, 9.17) is 9.47 Å². The number of ether oxygens (including phenoxy) is 2. The van der Waals surface area contributed by atoms with Crippen molar-refractivity contribution >= 4 is 6.03 Å². The van der Waals surface area contributed by atoms with Gasteiger partial charge in [0.1, 0.15) is 0 Å². The zero-order valence-electron chi connectivity index (χ0n) is 16.7. The van der Waals surface area contributed by atoms with Crippen LogP contribution in [0.1, 0.15) is 44.1 Å². The number of rotatable bonds is 8. The fourth-order valence-electron chi connectivity index (χ4n) is 4.19. The lowest BCUT2D eigenvalue weighted by atomic mass is 10.1. The Morgan fingerprint density at radius 3 is 2.48 bits per heavy atom. The van der Waals surface area contributed by atoms with Crippen LogP contribution in [0.15, 0.2) is 18.2 Å². The Kier molecular flexibility index (Phi) is 7.21. The highest BCUT2D eigenvalue weighted by atomic mass is 16.5. The second-order valence-electron chi connectivity index (χ2n) is 7.54. The molecule has 2 aliphatic rings. The molecule has 0 unspecified atom stereocenters. The Balaban J connectivity index is 1.62. The van der Waals surface area contributed by atoms with Crippen LogP contribution in [0.5, 0.6) is 11.5 Å². The molecule has 1 aromatic rings. The van der Waals surface area contributed by atoms with Crippen molar-refractivity contribution in [1.29, 1.82) is 0 Å². The summed E-state index contributed by atoms with van der Waals surface area (Å²) in [5, 5.41) is 3.15. The van der Waals surface area contributed by atoms with Crippen molar-refractivity contribution < 1.29 is 14.3 Å². The molecule has 1 saturated carbocycles. The molecule has 1 saturated heterocycles. The summed E-state index contributed by atoms with van der Waals surface area (Å²) in [4.78, 5) is 17.4. The van der Waals surface area contributed by atoms with E-state index in [1.807, 2.05) is 23.1 Å². The predicted octanol–water partition coefficient (Wildman–Crippen LogP) is 3.25. The number of benzene rings is 1. The molecule has 1 aromatic carbocycles. The number of likely N-dealkylation sites (tertiary alicyclic amines) is 1. The minimum absolute atomic E-state index is 0.0517. The molecule has 0 aromatic heterocycles. The van der Waals surface area contributed by atoms with Crippen molar-refractivity contribution in [2.45, 2.75) is 51.1 Å². The number of carbonyl (C=O) groups excluding carboxylic acids is 1. The molecule has 0 spiro atoms. The molecule has 1 N–H and O–H groups in total. The van der Waals surface area contributed by atoms with Crippen LogP contribution in [0.3, 0.4) is 0 Å². The maximum Gasteiger partial charge on any atom is 0.317 e. The lowest BCUT2D eigenvalue weighted by molar-refractivity contribution is 0.169. The Morgan fingerprint density at radius 1 is 1.11 bits per heavy atom. The third kappa shape index (κ3) is 5.28. The van der Waals surface area contributed by atoms with Crippen LogP contribution in [0.4, 0.5) is 4.79 Å². The van der Waals surface area contributed by atoms with E-state index in [9.17, 15) is 4.79 Å². The van der Waals surface area contributed by atoms with Gasteiger partial charge in [-0.3, -0.25) is 0 Å². The van der Waals surface area contributed by atoms with Gasteiger partial charge in [-0.05, 0) is 56.5 Å². The molecule has 150 valence electrons. The van der Waals surface area contributed by atoms with Crippen LogP contribution in [0.25, 0.3) is 0 Å². The maximum atomic E-state index is 12.9. The fraction of sp³-hybridized carbons (Fsp3) is 0.667. The number of hydrogen-bond donors (Lipinski definition) is 1. The smallest absolute Gasteiger partial charge is 0.317 e. The van der Waals surface area contributed by atoms with Gasteiger partial charge in [0, 0.05) is 25.7 Å². The number of carbonyl (C=O) groups is 1. The van der Waals surface area contributed by atoms with Gasteiger partial charge in [-0.25, -0.2) is 4.79 Å². The second-order valence-corrected chi connectivity index (χ2v) is 7.54. The topological polar surface area (TPSA) is 54.0 Å². The molecule has 0 bridgehead atoms. The van der Waals surface area contributed by atoms with Gasteiger partial charge >= 0.3 is 6.03 Å². The molecular formula is C21H33N3O3. The van der Waals surface area contributed by atoms with E-state index >= 15 is 0 Å². The minimum atomic E-state index is 0.0517. The molecule has 3 rings (SSSR count). The van der Waals surface area contributed by atoms with E-state index in [2.05, 4.69) is 10.2 Å². The Bertz CT molecular complexity index is 611. The molecule has 2 fully saturated rings. The first-order valence-corrected chi connectivity index (χ1v) is 10.2. The Hall–Kier alpha value is -1.95. The van der Waals surface area contributed by atoms with Crippen LogP contribution in [0.2, 0.25) is 0 Å². The van der Waals surface area contributed by atoms with Crippen LogP contribution < -0.4 is 14.8 Å². The zero-order valence-corrected chi connectivity index (χ0v) is 16.7. The van der Waals surface area contributed by atoms with Crippen molar-refractivity contribution in [3.63, 3.8) is 0 Å². The molecule has 2 amide bonds. The predicted molar refractivity (Wildman–Crippen MR) is 106 cm³/mol. The molecule has 1 heterocycles. The molecule has 27 heavy (non-hydrogen) atoms. The average molecular weight is 376 g/mol. The minimum Gasteiger partial charge on any atom is -0.493 e. The third-order valence-corrected chi connectivity index (χ3v) is 5.73. The zero-order chi connectivity index (χ0) is 19.1. The second kappa shape index (κ2) is 9.83. The molecule has 0 radical (unpaired) electrons. The summed E-state index contributed by atoms with van der Waals surface area (Å²) in [5.74, 6) is 1.42. The van der Waals surface area contributed by atoms with Crippen molar-refractivity contribution in [2.75, 3.05) is 40.4 Å². The molecule has 6 heteroatoms. The quantitative estimate of drug-likeness (QED) is 0.758. The van der Waals surface area contributed by atoms with E-state index in [-0.39, 0.29) is 6.03 Å². The number of methoxy groups -OCH3 is 2. The Morgan fingerprint density at radius 2 is 1.81 bits per heavy atom. The van der Waals surface area contributed by atoms with Gasteiger partial charge in [-0.2, -0.15) is 0 Å². The summed E-state index contributed by atoms with van der Waals surface area (Å²) < 4.78 is 10.7. The number of hydrogen-bond acceptors (Lipinski definition) is 4. The summed E-state index contributed by atoms with van der Waals surface area (Å²) >= 11 is 0. The molecule has 6 nitrogen and oxygen atoms in total. The summed E-state index contributed by atoms with van der Waals surface area (Å²) in [6.07, 6.45) is 7.14. The van der Waals surface area contributed by atoms with Crippen molar-refractivity contribution in [1.82, 2.24) is 15.1 Å². The summed E-state index contributed by atoms with van der Waals surface area (Å²) in [6.45, 7) is 4.58. The van der Waals surface area contributed by atoms with E-state index in [1.54, 1.807) is 14.2 Å². The lowest BCUT2D eigenvalue weighted by Crippen LogP contribution is -2.46. The highest BCUT2D eigenvalue weighted by molar-refractivity contribution is 5.74. The molecular weight excluding hydrogens is 342 g/mol. The summed E-state index contributed by atoms with van der Waals surface area (Å²) in [7, 11) is 3.28. The van der Waals surface area contributed by atoms with Crippen LogP contribution >= 0.6 is 0 Å². The van der Waals surface area contributed by atoms with Gasteiger partial charge in [-0.1, -0.05) is 18.9 Å². The largest absolute Gasteiger partial charge is 0.493 e. The van der Waals surface area contributed by atoms with Gasteiger partial charge in [-0.15, -0.1) is 0 Å². The van der Waals surface area contributed by atoms with Gasteiger partial charge in [0.25, 0.3) is 0 Å². The van der Waals surface area contributed by atoms with E-state index in [0.717, 1.165) is 38.0 Å². The SMILES string of the molecule is COc1ccc(CN(C(=O)NCCN2CCCC2)C2CCCC2)cc1OC. The summed E-state index contributed by atoms with van der Waals surface area (Å²) in [6, 6.07) is 6.27. The highest BCUT2D eigenvalue weighted by Gasteiger charge is 2.27. The first kappa shape index (κ1) is 19.8. The average Bonchev–Trinajstić information content (AvgIpc) is 3.39. The van der Waals surface area contributed by atoms with Crippen molar-refractivity contribution in [3.05, 3.63) is 23.8 Å². The molecule has 1 aliphatic carbocycles. The number of nitrogens with zero attached hydrogens (tertiary/aromatic N) is 2. The van der Waals surface area contributed by atoms with Crippen molar-refractivity contribution in [3.8, 4) is 11.5 Å². The number of nitrogens with one attached hydrogen (secondary N) is 1. The monoisotopic (exact) mass is 375 g/mol. The fourth-order valence-corrected chi connectivity index (χ4v) is 4.19. The number of urea groups is 1. The highest BCUT2D eigenvalue weighted by Crippen LogP contribution is 2.30. The van der Waals surface area contributed by atoms with E-state index in [1.165, 1.54) is 25.7 Å². The first-order valence-electron chi connectivity index (χ1n) is 10.2. The first-order chi connectivity index (χ1) is 13.2. The molecule has 0 atom stereocenters. The van der Waals surface area contributed by atoms with E-state index < -0.39 is 0 Å². The normalized spacial score (nSPS) is 17.9. The van der Waals surface area contributed by atoms with Gasteiger partial charge in [0.2, 0.25) is 0 Å². The lowest BCUT2D eigenvalue weighted by Gasteiger charge is -2.30. The van der Waals surface area contributed by atoms with E-state index in [0.29, 0.717) is 30.6 Å². The van der Waals surface area contributed by atoms with Gasteiger partial charge in [0.15, 0.2) is 11.5 Å². The van der Waals surface area contributed by atoms with Crippen LogP contribution in [-0.2, 0) is 6.54 Å². The van der Waals surface area contributed by atoms with Gasteiger partial charge < -0.3 is 24.6 Å². The van der Waals surface area contributed by atoms with Crippen LogP contribution in [0, 0.1) is 0 Å². The Labute approximate surface area is 162 Å². The van der Waals surface area contributed by atoms with Gasteiger partial charge in [0.05, 0.1) is 14.2 Å². The summed E-state index contributed by atoms with van der Waals surface area (Å²) in [5.41, 5.74) is 1.06. The molecule has 1 aliphatic heterocycles.